The van der Waals surface area contributed by atoms with Crippen LogP contribution in [0.4, 0.5) is 0 Å². The number of hydrogen-bond acceptors (Lipinski definition) is 6. The molecule has 0 saturated heterocycles. The molecule has 0 aromatic heterocycles. The molecule has 0 atom stereocenters. The zero-order chi connectivity index (χ0) is 20.1. The summed E-state index contributed by atoms with van der Waals surface area (Å²) < 4.78 is 10.1. The Labute approximate surface area is 161 Å². The van der Waals surface area contributed by atoms with Gasteiger partial charge < -0.3 is 9.47 Å². The highest BCUT2D eigenvalue weighted by molar-refractivity contribution is 6.21. The maximum Gasteiger partial charge on any atom is 0.348 e. The number of carbonyl (C=O) groups excluding carboxylic acids is 3. The van der Waals surface area contributed by atoms with E-state index in [0.717, 1.165) is 4.90 Å². The topological polar surface area (TPSA) is 96.7 Å². The van der Waals surface area contributed by atoms with Gasteiger partial charge in [0.1, 0.15) is 24.0 Å². The van der Waals surface area contributed by atoms with Crippen molar-refractivity contribution in [2.75, 3.05) is 20.3 Å². The van der Waals surface area contributed by atoms with E-state index in [4.69, 9.17) is 9.47 Å². The molecule has 0 bridgehead atoms. The van der Waals surface area contributed by atoms with Crippen LogP contribution in [0.2, 0.25) is 0 Å². The van der Waals surface area contributed by atoms with Gasteiger partial charge in [-0.3, -0.25) is 14.5 Å². The molecule has 2 aromatic carbocycles. The van der Waals surface area contributed by atoms with Crippen molar-refractivity contribution in [1.29, 1.82) is 5.26 Å². The second kappa shape index (κ2) is 8.18. The fourth-order valence-electron chi connectivity index (χ4n) is 2.75. The number of methoxy groups -OCH3 is 1. The van der Waals surface area contributed by atoms with E-state index >= 15 is 0 Å². The lowest BCUT2D eigenvalue weighted by Crippen LogP contribution is -2.33. The summed E-state index contributed by atoms with van der Waals surface area (Å²) in [5.74, 6) is -1.02. The third-order valence-electron chi connectivity index (χ3n) is 4.19. The molecule has 0 aliphatic carbocycles. The molecule has 28 heavy (non-hydrogen) atoms. The van der Waals surface area contributed by atoms with Crippen molar-refractivity contribution < 1.29 is 23.9 Å². The number of carbonyl (C=O) groups is 3. The zero-order valence-electron chi connectivity index (χ0n) is 15.0. The molecule has 3 rings (SSSR count). The van der Waals surface area contributed by atoms with E-state index in [1.165, 1.54) is 13.2 Å². The molecule has 1 heterocycles. The molecular formula is C21H16N2O5. The fraction of sp³-hybridized carbons (Fsp3) is 0.143. The summed E-state index contributed by atoms with van der Waals surface area (Å²) in [6.45, 7) is -0.286. The van der Waals surface area contributed by atoms with Crippen molar-refractivity contribution in [3.63, 3.8) is 0 Å². The summed E-state index contributed by atoms with van der Waals surface area (Å²) in [6, 6.07) is 15.1. The first-order valence-electron chi connectivity index (χ1n) is 8.43. The van der Waals surface area contributed by atoms with Crippen LogP contribution in [0.15, 0.2) is 54.1 Å². The van der Waals surface area contributed by atoms with Gasteiger partial charge in [-0.15, -0.1) is 0 Å². The SMILES string of the molecule is COc1ccc(/C=C(\C#N)C(=O)OCCN2C(=O)c3ccccc3C2=O)cc1. The van der Waals surface area contributed by atoms with Crippen LogP contribution < -0.4 is 4.74 Å². The molecule has 1 aliphatic heterocycles. The van der Waals surface area contributed by atoms with Crippen molar-refractivity contribution in [2.24, 2.45) is 0 Å². The van der Waals surface area contributed by atoms with Crippen LogP contribution in [0, 0.1) is 11.3 Å². The Morgan fingerprint density at radius 3 is 2.21 bits per heavy atom. The van der Waals surface area contributed by atoms with E-state index in [2.05, 4.69) is 0 Å². The molecule has 140 valence electrons. The van der Waals surface area contributed by atoms with Gasteiger partial charge in [-0.1, -0.05) is 24.3 Å². The molecule has 2 amide bonds. The van der Waals surface area contributed by atoms with Gasteiger partial charge in [-0.2, -0.15) is 5.26 Å². The van der Waals surface area contributed by atoms with E-state index in [-0.39, 0.29) is 18.7 Å². The van der Waals surface area contributed by atoms with Gasteiger partial charge in [0, 0.05) is 0 Å². The molecule has 0 saturated carbocycles. The standard InChI is InChI=1S/C21H16N2O5/c1-27-16-8-6-14(7-9-16)12-15(13-22)21(26)28-11-10-23-19(24)17-4-2-3-5-18(17)20(23)25/h2-9,12H,10-11H2,1H3/b15-12+. The predicted molar refractivity (Wildman–Crippen MR) is 99.4 cm³/mol. The summed E-state index contributed by atoms with van der Waals surface area (Å²) in [5.41, 5.74) is 1.11. The van der Waals surface area contributed by atoms with Crippen LogP contribution in [0.1, 0.15) is 26.3 Å². The number of nitriles is 1. The van der Waals surface area contributed by atoms with Crippen molar-refractivity contribution in [3.8, 4) is 11.8 Å². The maximum atomic E-state index is 12.3. The summed E-state index contributed by atoms with van der Waals surface area (Å²) in [6.07, 6.45) is 1.39. The van der Waals surface area contributed by atoms with Gasteiger partial charge in [0.15, 0.2) is 0 Å². The van der Waals surface area contributed by atoms with Gasteiger partial charge in [0.25, 0.3) is 11.8 Å². The highest BCUT2D eigenvalue weighted by atomic mass is 16.5. The lowest BCUT2D eigenvalue weighted by molar-refractivity contribution is -0.138. The highest BCUT2D eigenvalue weighted by Crippen LogP contribution is 2.22. The third kappa shape index (κ3) is 3.76. The van der Waals surface area contributed by atoms with Gasteiger partial charge in [0.2, 0.25) is 0 Å². The third-order valence-corrected chi connectivity index (χ3v) is 4.19. The molecule has 1 aliphatic rings. The minimum absolute atomic E-state index is 0.0840. The molecule has 7 heteroatoms. The highest BCUT2D eigenvalue weighted by Gasteiger charge is 2.34. The first-order chi connectivity index (χ1) is 13.5. The Morgan fingerprint density at radius 1 is 1.07 bits per heavy atom. The smallest absolute Gasteiger partial charge is 0.348 e. The van der Waals surface area contributed by atoms with E-state index in [9.17, 15) is 19.6 Å². The summed E-state index contributed by atoms with van der Waals surface area (Å²) >= 11 is 0. The van der Waals surface area contributed by atoms with Gasteiger partial charge in [0.05, 0.1) is 24.8 Å². The number of ether oxygens (including phenoxy) is 2. The summed E-state index contributed by atoms with van der Waals surface area (Å²) in [5, 5.41) is 9.21. The molecular weight excluding hydrogens is 360 g/mol. The Bertz CT molecular complexity index is 967. The van der Waals surface area contributed by atoms with Crippen LogP contribution in [0.25, 0.3) is 6.08 Å². The number of fused-ring (bicyclic) bond motifs is 1. The monoisotopic (exact) mass is 376 g/mol. The van der Waals surface area contributed by atoms with Crippen LogP contribution >= 0.6 is 0 Å². The minimum Gasteiger partial charge on any atom is -0.497 e. The van der Waals surface area contributed by atoms with Crippen molar-refractivity contribution in [2.45, 2.75) is 0 Å². The molecule has 7 nitrogen and oxygen atoms in total. The summed E-state index contributed by atoms with van der Waals surface area (Å²) in [7, 11) is 1.54. The molecule has 0 unspecified atom stereocenters. The first kappa shape index (κ1) is 18.9. The number of hydrogen-bond donors (Lipinski definition) is 0. The lowest BCUT2D eigenvalue weighted by atomic mass is 10.1. The van der Waals surface area contributed by atoms with E-state index in [1.54, 1.807) is 54.6 Å². The largest absolute Gasteiger partial charge is 0.497 e. The van der Waals surface area contributed by atoms with Gasteiger partial charge in [-0.25, -0.2) is 4.79 Å². The van der Waals surface area contributed by atoms with Crippen LogP contribution in [0.3, 0.4) is 0 Å². The Kier molecular flexibility index (Phi) is 5.51. The van der Waals surface area contributed by atoms with Gasteiger partial charge in [-0.05, 0) is 35.9 Å². The number of nitrogens with zero attached hydrogens (tertiary/aromatic N) is 2. The Hall–Kier alpha value is -3.92. The molecule has 0 N–H and O–H groups in total. The van der Waals surface area contributed by atoms with Crippen LogP contribution in [0.5, 0.6) is 5.75 Å². The van der Waals surface area contributed by atoms with Crippen molar-refractivity contribution in [1.82, 2.24) is 4.90 Å². The number of rotatable bonds is 6. The van der Waals surface area contributed by atoms with Crippen LogP contribution in [-0.2, 0) is 9.53 Å². The average molecular weight is 376 g/mol. The fourth-order valence-corrected chi connectivity index (χ4v) is 2.75. The quantitative estimate of drug-likeness (QED) is 0.332. The zero-order valence-corrected chi connectivity index (χ0v) is 15.0. The number of imide groups is 1. The summed E-state index contributed by atoms with van der Waals surface area (Å²) in [4.78, 5) is 37.7. The van der Waals surface area contributed by atoms with E-state index in [1.807, 2.05) is 0 Å². The van der Waals surface area contributed by atoms with Gasteiger partial charge >= 0.3 is 5.97 Å². The first-order valence-corrected chi connectivity index (χ1v) is 8.43. The van der Waals surface area contributed by atoms with E-state index in [0.29, 0.717) is 22.4 Å². The predicted octanol–water partition coefficient (Wildman–Crippen LogP) is 2.44. The number of amides is 2. The number of benzene rings is 2. The second-order valence-electron chi connectivity index (χ2n) is 5.89. The molecule has 0 radical (unpaired) electrons. The number of esters is 1. The molecule has 0 spiro atoms. The molecule has 2 aromatic rings. The van der Waals surface area contributed by atoms with Crippen molar-refractivity contribution >= 4 is 23.9 Å². The average Bonchev–Trinajstić information content (AvgIpc) is 2.97. The Morgan fingerprint density at radius 2 is 1.68 bits per heavy atom. The van der Waals surface area contributed by atoms with E-state index < -0.39 is 17.8 Å². The minimum atomic E-state index is -0.824. The lowest BCUT2D eigenvalue weighted by Gasteiger charge is -2.13. The second-order valence-corrected chi connectivity index (χ2v) is 5.89. The van der Waals surface area contributed by atoms with Crippen LogP contribution in [-0.4, -0.2) is 42.9 Å². The molecule has 0 fully saturated rings. The maximum absolute atomic E-state index is 12.3. The van der Waals surface area contributed by atoms with Crippen molar-refractivity contribution in [3.05, 3.63) is 70.8 Å². The normalized spacial score (nSPS) is 13.1. The Balaban J connectivity index is 1.60.